The van der Waals surface area contributed by atoms with E-state index in [0.29, 0.717) is 17.5 Å². The number of para-hydroxylation sites is 2. The topological polar surface area (TPSA) is 43.6 Å². The molecular weight excluding hydrogens is 701 g/mol. The average molecular weight is 733 g/mol. The minimum Gasteiger partial charge on any atom is -0.309 e. The van der Waals surface area contributed by atoms with E-state index in [1.807, 2.05) is 29.5 Å². The lowest BCUT2D eigenvalue weighted by Gasteiger charge is -2.11. The summed E-state index contributed by atoms with van der Waals surface area (Å²) in [5.41, 5.74) is 11.0. The van der Waals surface area contributed by atoms with Crippen LogP contribution in [0.3, 0.4) is 0 Å². The summed E-state index contributed by atoms with van der Waals surface area (Å²) in [6, 6.07) is 68.5. The maximum Gasteiger partial charge on any atom is 0.164 e. The molecular formula is C51H32N4S. The van der Waals surface area contributed by atoms with Crippen molar-refractivity contribution in [2.24, 2.45) is 0 Å². The first-order valence-electron chi connectivity index (χ1n) is 18.8. The Labute approximate surface area is 327 Å². The number of nitrogens with zero attached hydrogens (tertiary/aromatic N) is 4. The van der Waals surface area contributed by atoms with Gasteiger partial charge in [-0.25, -0.2) is 15.0 Å². The predicted octanol–water partition coefficient (Wildman–Crippen LogP) is 13.7. The Balaban J connectivity index is 1.02. The van der Waals surface area contributed by atoms with Gasteiger partial charge < -0.3 is 4.57 Å². The van der Waals surface area contributed by atoms with Gasteiger partial charge in [-0.05, 0) is 58.7 Å². The lowest BCUT2D eigenvalue weighted by Crippen LogP contribution is -2.00. The predicted molar refractivity (Wildman–Crippen MR) is 234 cm³/mol. The third kappa shape index (κ3) is 5.48. The summed E-state index contributed by atoms with van der Waals surface area (Å²) in [6.45, 7) is 0. The number of thiophene rings is 1. The van der Waals surface area contributed by atoms with Gasteiger partial charge in [-0.3, -0.25) is 0 Å². The molecule has 8 aromatic carbocycles. The zero-order valence-corrected chi connectivity index (χ0v) is 31.0. The van der Waals surface area contributed by atoms with Crippen molar-refractivity contribution in [3.63, 3.8) is 0 Å². The number of benzene rings is 8. The Hall–Kier alpha value is -7.21. The van der Waals surface area contributed by atoms with E-state index < -0.39 is 0 Å². The first-order valence-corrected chi connectivity index (χ1v) is 19.6. The van der Waals surface area contributed by atoms with E-state index in [1.54, 1.807) is 0 Å². The van der Waals surface area contributed by atoms with E-state index >= 15 is 0 Å². The Morgan fingerprint density at radius 2 is 0.893 bits per heavy atom. The third-order valence-corrected chi connectivity index (χ3v) is 11.9. The largest absolute Gasteiger partial charge is 0.309 e. The number of hydrogen-bond donors (Lipinski definition) is 0. The number of rotatable bonds is 6. The van der Waals surface area contributed by atoms with Crippen LogP contribution in [0.5, 0.6) is 0 Å². The highest BCUT2D eigenvalue weighted by atomic mass is 32.1. The second-order valence-electron chi connectivity index (χ2n) is 14.0. The van der Waals surface area contributed by atoms with Crippen LogP contribution in [-0.2, 0) is 0 Å². The van der Waals surface area contributed by atoms with Crippen molar-refractivity contribution >= 4 is 53.3 Å². The molecule has 0 spiro atoms. The molecule has 5 heteroatoms. The average Bonchev–Trinajstić information content (AvgIpc) is 3.82. The molecule has 11 aromatic rings. The standard InChI is InChI=1S/C51H32N4S/c1-4-13-33(14-5-1)37-28-30-47-44(31-37)43-21-12-20-40(48(43)56-47)34-23-25-36(26-24-34)50-52-49(35-15-6-2-7-16-35)53-51(54-50)38-27-29-42-41-19-10-11-22-45(41)55(46(42)32-38)39-17-8-3-9-18-39/h1-32H. The Bertz CT molecular complexity index is 3220. The molecule has 0 radical (unpaired) electrons. The number of fused-ring (bicyclic) bond motifs is 6. The van der Waals surface area contributed by atoms with Crippen LogP contribution >= 0.6 is 11.3 Å². The number of aromatic nitrogens is 4. The van der Waals surface area contributed by atoms with Crippen molar-refractivity contribution in [1.82, 2.24) is 19.5 Å². The van der Waals surface area contributed by atoms with Gasteiger partial charge in [0, 0.05) is 53.3 Å². The van der Waals surface area contributed by atoms with Gasteiger partial charge in [0.2, 0.25) is 0 Å². The zero-order chi connectivity index (χ0) is 37.0. The van der Waals surface area contributed by atoms with Crippen LogP contribution < -0.4 is 0 Å². The first-order chi connectivity index (χ1) is 27.7. The molecule has 0 N–H and O–H groups in total. The van der Waals surface area contributed by atoms with Gasteiger partial charge in [0.25, 0.3) is 0 Å². The van der Waals surface area contributed by atoms with Crippen molar-refractivity contribution in [2.45, 2.75) is 0 Å². The van der Waals surface area contributed by atoms with Gasteiger partial charge in [0.1, 0.15) is 0 Å². The molecule has 0 aliphatic carbocycles. The molecule has 0 amide bonds. The highest BCUT2D eigenvalue weighted by molar-refractivity contribution is 7.26. The quantitative estimate of drug-likeness (QED) is 0.171. The minimum absolute atomic E-state index is 0.634. The van der Waals surface area contributed by atoms with Crippen LogP contribution in [0.15, 0.2) is 194 Å². The molecule has 56 heavy (non-hydrogen) atoms. The molecule has 4 nitrogen and oxygen atoms in total. The van der Waals surface area contributed by atoms with Crippen LogP contribution in [0, 0.1) is 0 Å². The molecule has 3 heterocycles. The summed E-state index contributed by atoms with van der Waals surface area (Å²) in [4.78, 5) is 15.3. The molecule has 0 aliphatic heterocycles. The fraction of sp³-hybridized carbons (Fsp3) is 0. The molecule has 0 bridgehead atoms. The number of hydrogen-bond acceptors (Lipinski definition) is 4. The molecule has 11 rings (SSSR count). The van der Waals surface area contributed by atoms with Crippen molar-refractivity contribution in [3.05, 3.63) is 194 Å². The summed E-state index contributed by atoms with van der Waals surface area (Å²) in [7, 11) is 0. The third-order valence-electron chi connectivity index (χ3n) is 10.7. The molecule has 3 aromatic heterocycles. The van der Waals surface area contributed by atoms with Gasteiger partial charge in [0.05, 0.1) is 11.0 Å². The fourth-order valence-corrected chi connectivity index (χ4v) is 9.17. The van der Waals surface area contributed by atoms with Crippen LogP contribution in [0.4, 0.5) is 0 Å². The van der Waals surface area contributed by atoms with E-state index in [-0.39, 0.29) is 0 Å². The Morgan fingerprint density at radius 1 is 0.339 bits per heavy atom. The van der Waals surface area contributed by atoms with E-state index in [4.69, 9.17) is 15.0 Å². The van der Waals surface area contributed by atoms with Crippen molar-refractivity contribution in [3.8, 4) is 62.1 Å². The smallest absolute Gasteiger partial charge is 0.164 e. The Kier molecular flexibility index (Phi) is 7.64. The maximum atomic E-state index is 5.15. The normalized spacial score (nSPS) is 11.6. The summed E-state index contributed by atoms with van der Waals surface area (Å²) in [5, 5.41) is 4.97. The fourth-order valence-electron chi connectivity index (χ4n) is 7.95. The van der Waals surface area contributed by atoms with Gasteiger partial charge in [-0.2, -0.15) is 0 Å². The van der Waals surface area contributed by atoms with E-state index in [9.17, 15) is 0 Å². The first kappa shape index (κ1) is 32.2. The maximum absolute atomic E-state index is 5.15. The SMILES string of the molecule is c1ccc(-c2ccc3sc4c(-c5ccc(-c6nc(-c7ccccc7)nc(-c7ccc8c9ccccc9n(-c9ccccc9)c8c7)n6)cc5)cccc4c3c2)cc1. The van der Waals surface area contributed by atoms with Gasteiger partial charge in [-0.1, -0.05) is 158 Å². The molecule has 0 saturated carbocycles. The molecule has 0 unspecified atom stereocenters. The van der Waals surface area contributed by atoms with Crippen LogP contribution in [-0.4, -0.2) is 19.5 Å². The zero-order valence-electron chi connectivity index (χ0n) is 30.2. The second-order valence-corrected chi connectivity index (χ2v) is 15.1. The van der Waals surface area contributed by atoms with E-state index in [1.165, 1.54) is 47.6 Å². The highest BCUT2D eigenvalue weighted by Crippen LogP contribution is 2.42. The van der Waals surface area contributed by atoms with E-state index in [2.05, 4.69) is 180 Å². The van der Waals surface area contributed by atoms with Crippen molar-refractivity contribution < 1.29 is 0 Å². The van der Waals surface area contributed by atoms with Crippen molar-refractivity contribution in [2.75, 3.05) is 0 Å². The lowest BCUT2D eigenvalue weighted by atomic mass is 9.99. The second kappa shape index (κ2) is 13.3. The molecule has 0 atom stereocenters. The van der Waals surface area contributed by atoms with Crippen LogP contribution in [0.1, 0.15) is 0 Å². The highest BCUT2D eigenvalue weighted by Gasteiger charge is 2.17. The van der Waals surface area contributed by atoms with Crippen LogP contribution in [0.25, 0.3) is 104 Å². The molecule has 0 fully saturated rings. The summed E-state index contributed by atoms with van der Waals surface area (Å²) >= 11 is 1.85. The molecule has 0 aliphatic rings. The summed E-state index contributed by atoms with van der Waals surface area (Å²) in [6.07, 6.45) is 0. The van der Waals surface area contributed by atoms with Gasteiger partial charge >= 0.3 is 0 Å². The Morgan fingerprint density at radius 3 is 1.64 bits per heavy atom. The summed E-state index contributed by atoms with van der Waals surface area (Å²) < 4.78 is 4.90. The molecule has 0 saturated heterocycles. The molecule has 262 valence electrons. The lowest BCUT2D eigenvalue weighted by molar-refractivity contribution is 1.07. The van der Waals surface area contributed by atoms with Gasteiger partial charge in [-0.15, -0.1) is 11.3 Å². The van der Waals surface area contributed by atoms with Crippen molar-refractivity contribution in [1.29, 1.82) is 0 Å². The monoisotopic (exact) mass is 732 g/mol. The summed E-state index contributed by atoms with van der Waals surface area (Å²) in [5.74, 6) is 1.91. The van der Waals surface area contributed by atoms with Crippen LogP contribution in [0.2, 0.25) is 0 Å². The minimum atomic E-state index is 0.634. The van der Waals surface area contributed by atoms with Gasteiger partial charge in [0.15, 0.2) is 17.5 Å². The van der Waals surface area contributed by atoms with E-state index in [0.717, 1.165) is 39.0 Å².